The van der Waals surface area contributed by atoms with Gasteiger partial charge in [-0.05, 0) is 52.9 Å². The molecular weight excluding hydrogens is 340 g/mol. The molecule has 1 amide bonds. The molecule has 6 nitrogen and oxygen atoms in total. The van der Waals surface area contributed by atoms with E-state index in [1.54, 1.807) is 24.4 Å². The van der Waals surface area contributed by atoms with Gasteiger partial charge in [0, 0.05) is 11.9 Å². The van der Waals surface area contributed by atoms with E-state index in [-0.39, 0.29) is 18.1 Å². The second kappa shape index (κ2) is 5.95. The molecule has 0 bridgehead atoms. The molecule has 2 aromatic carbocycles. The van der Waals surface area contributed by atoms with E-state index in [0.717, 1.165) is 12.1 Å². The molecule has 0 radical (unpaired) electrons. The molecule has 0 saturated heterocycles. The van der Waals surface area contributed by atoms with Crippen LogP contribution in [0.15, 0.2) is 71.7 Å². The summed E-state index contributed by atoms with van der Waals surface area (Å²) >= 11 is 0. The minimum absolute atomic E-state index is 0.127. The minimum Gasteiger partial charge on any atom is -0.324 e. The SMILES string of the molecule is O=C(Cn1nc2ccccn2c1=O)Nc1ccc2c(c1)Cc1ccccc1-2. The number of hydrogen-bond donors (Lipinski definition) is 1. The van der Waals surface area contributed by atoms with Crippen LogP contribution < -0.4 is 11.0 Å². The van der Waals surface area contributed by atoms with E-state index >= 15 is 0 Å². The van der Waals surface area contributed by atoms with Crippen molar-refractivity contribution in [2.75, 3.05) is 5.32 Å². The number of rotatable bonds is 3. The number of fused-ring (bicyclic) bond motifs is 4. The molecule has 2 heterocycles. The Balaban J connectivity index is 1.36. The Kier molecular flexibility index (Phi) is 3.43. The van der Waals surface area contributed by atoms with Crippen LogP contribution in [0.1, 0.15) is 11.1 Å². The predicted molar refractivity (Wildman–Crippen MR) is 103 cm³/mol. The standard InChI is InChI=1S/C21H16N4O2/c26-20(13-25-21(27)24-10-4-3-7-19(24)23-25)22-16-8-9-18-15(12-16)11-14-5-1-2-6-17(14)18/h1-10,12H,11,13H2,(H,22,26). The largest absolute Gasteiger partial charge is 0.350 e. The summed E-state index contributed by atoms with van der Waals surface area (Å²) in [5.41, 5.74) is 5.87. The maximum atomic E-state index is 12.4. The highest BCUT2D eigenvalue weighted by Gasteiger charge is 2.18. The van der Waals surface area contributed by atoms with Crippen LogP contribution in [0, 0.1) is 0 Å². The highest BCUT2D eigenvalue weighted by atomic mass is 16.2. The number of pyridine rings is 1. The molecule has 2 aromatic heterocycles. The topological polar surface area (TPSA) is 68.4 Å². The van der Waals surface area contributed by atoms with Crippen molar-refractivity contribution in [1.29, 1.82) is 0 Å². The van der Waals surface area contributed by atoms with Crippen molar-refractivity contribution in [3.05, 3.63) is 88.5 Å². The first-order valence-electron chi connectivity index (χ1n) is 8.74. The Labute approximate surface area is 154 Å². The summed E-state index contributed by atoms with van der Waals surface area (Å²) in [7, 11) is 0. The third-order valence-electron chi connectivity index (χ3n) is 4.86. The molecule has 132 valence electrons. The zero-order chi connectivity index (χ0) is 18.4. The molecule has 0 fully saturated rings. The predicted octanol–water partition coefficient (Wildman–Crippen LogP) is 2.71. The van der Waals surface area contributed by atoms with Crippen LogP contribution in [0.5, 0.6) is 0 Å². The molecule has 0 atom stereocenters. The van der Waals surface area contributed by atoms with Gasteiger partial charge in [-0.2, -0.15) is 0 Å². The van der Waals surface area contributed by atoms with Crippen molar-refractivity contribution in [3.8, 4) is 11.1 Å². The first-order chi connectivity index (χ1) is 13.2. The van der Waals surface area contributed by atoms with Crippen molar-refractivity contribution in [1.82, 2.24) is 14.2 Å². The number of carbonyl (C=O) groups is 1. The molecule has 4 aromatic rings. The number of hydrogen-bond acceptors (Lipinski definition) is 3. The molecule has 0 spiro atoms. The maximum Gasteiger partial charge on any atom is 0.350 e. The zero-order valence-electron chi connectivity index (χ0n) is 14.4. The third kappa shape index (κ3) is 2.62. The van der Waals surface area contributed by atoms with E-state index < -0.39 is 0 Å². The highest BCUT2D eigenvalue weighted by Crippen LogP contribution is 2.37. The monoisotopic (exact) mass is 356 g/mol. The first kappa shape index (κ1) is 15.6. The summed E-state index contributed by atoms with van der Waals surface area (Å²) in [6.45, 7) is -0.127. The second-order valence-corrected chi connectivity index (χ2v) is 6.62. The van der Waals surface area contributed by atoms with E-state index in [0.29, 0.717) is 5.65 Å². The maximum absolute atomic E-state index is 12.4. The molecule has 6 heteroatoms. The smallest absolute Gasteiger partial charge is 0.324 e. The normalized spacial score (nSPS) is 12.0. The van der Waals surface area contributed by atoms with Gasteiger partial charge in [-0.15, -0.1) is 5.10 Å². The van der Waals surface area contributed by atoms with Gasteiger partial charge >= 0.3 is 5.69 Å². The molecule has 1 N–H and O–H groups in total. The van der Waals surface area contributed by atoms with Crippen molar-refractivity contribution in [3.63, 3.8) is 0 Å². The molecule has 0 saturated carbocycles. The van der Waals surface area contributed by atoms with E-state index in [2.05, 4.69) is 22.5 Å². The number of benzene rings is 2. The van der Waals surface area contributed by atoms with Gasteiger partial charge in [0.15, 0.2) is 5.65 Å². The summed E-state index contributed by atoms with van der Waals surface area (Å²) in [5, 5.41) is 7.06. The summed E-state index contributed by atoms with van der Waals surface area (Å²) in [6, 6.07) is 19.5. The fourth-order valence-electron chi connectivity index (χ4n) is 3.63. The Morgan fingerprint density at radius 1 is 1.00 bits per heavy atom. The van der Waals surface area contributed by atoms with Crippen molar-refractivity contribution in [2.24, 2.45) is 0 Å². The van der Waals surface area contributed by atoms with Gasteiger partial charge in [-0.25, -0.2) is 9.48 Å². The summed E-state index contributed by atoms with van der Waals surface area (Å²) in [5.74, 6) is -0.282. The lowest BCUT2D eigenvalue weighted by Gasteiger charge is -2.07. The Bertz CT molecular complexity index is 1250. The van der Waals surface area contributed by atoms with Gasteiger partial charge < -0.3 is 5.32 Å². The molecule has 0 aliphatic heterocycles. The first-order valence-corrected chi connectivity index (χ1v) is 8.74. The van der Waals surface area contributed by atoms with E-state index in [1.165, 1.54) is 31.3 Å². The van der Waals surface area contributed by atoms with Crippen LogP contribution in [-0.4, -0.2) is 20.1 Å². The Morgan fingerprint density at radius 3 is 2.70 bits per heavy atom. The van der Waals surface area contributed by atoms with Crippen LogP contribution in [0.4, 0.5) is 5.69 Å². The molecular formula is C21H16N4O2. The van der Waals surface area contributed by atoms with Gasteiger partial charge in [0.1, 0.15) is 6.54 Å². The molecule has 1 aliphatic carbocycles. The Hall–Kier alpha value is -3.67. The van der Waals surface area contributed by atoms with Crippen LogP contribution in [0.25, 0.3) is 16.8 Å². The fourth-order valence-corrected chi connectivity index (χ4v) is 3.63. The van der Waals surface area contributed by atoms with E-state index in [4.69, 9.17) is 0 Å². The Morgan fingerprint density at radius 2 is 1.81 bits per heavy atom. The number of nitrogens with one attached hydrogen (secondary N) is 1. The van der Waals surface area contributed by atoms with Gasteiger partial charge in [0.2, 0.25) is 5.91 Å². The van der Waals surface area contributed by atoms with Crippen molar-refractivity contribution >= 4 is 17.2 Å². The fraction of sp³-hybridized carbons (Fsp3) is 0.0952. The molecule has 0 unspecified atom stereocenters. The lowest BCUT2D eigenvalue weighted by Crippen LogP contribution is -2.28. The van der Waals surface area contributed by atoms with Gasteiger partial charge in [0.25, 0.3) is 0 Å². The lowest BCUT2D eigenvalue weighted by atomic mass is 10.1. The van der Waals surface area contributed by atoms with Gasteiger partial charge in [-0.3, -0.25) is 9.20 Å². The summed E-state index contributed by atoms with van der Waals surface area (Å²) in [4.78, 5) is 24.7. The molecule has 27 heavy (non-hydrogen) atoms. The average molecular weight is 356 g/mol. The number of anilines is 1. The lowest BCUT2D eigenvalue weighted by molar-refractivity contribution is -0.117. The van der Waals surface area contributed by atoms with E-state index in [9.17, 15) is 9.59 Å². The second-order valence-electron chi connectivity index (χ2n) is 6.62. The molecule has 1 aliphatic rings. The van der Waals surface area contributed by atoms with Gasteiger partial charge in [0.05, 0.1) is 0 Å². The van der Waals surface area contributed by atoms with Crippen LogP contribution in [0.3, 0.4) is 0 Å². The zero-order valence-corrected chi connectivity index (χ0v) is 14.4. The van der Waals surface area contributed by atoms with Crippen molar-refractivity contribution < 1.29 is 4.79 Å². The molecule has 5 rings (SSSR count). The minimum atomic E-state index is -0.329. The van der Waals surface area contributed by atoms with E-state index in [1.807, 2.05) is 30.3 Å². The third-order valence-corrected chi connectivity index (χ3v) is 4.86. The summed E-state index contributed by atoms with van der Waals surface area (Å²) < 4.78 is 2.59. The average Bonchev–Trinajstić information content (AvgIpc) is 3.19. The van der Waals surface area contributed by atoms with Crippen molar-refractivity contribution in [2.45, 2.75) is 13.0 Å². The number of carbonyl (C=O) groups excluding carboxylic acids is 1. The van der Waals surface area contributed by atoms with Crippen LogP contribution in [-0.2, 0) is 17.8 Å². The number of nitrogens with zero attached hydrogens (tertiary/aromatic N) is 3. The number of amides is 1. The highest BCUT2D eigenvalue weighted by molar-refractivity contribution is 5.91. The van der Waals surface area contributed by atoms with Crippen LogP contribution in [0.2, 0.25) is 0 Å². The quantitative estimate of drug-likeness (QED) is 0.540. The van der Waals surface area contributed by atoms with Crippen LogP contribution >= 0.6 is 0 Å². The summed E-state index contributed by atoms with van der Waals surface area (Å²) in [6.07, 6.45) is 2.50. The number of aromatic nitrogens is 3. The van der Waals surface area contributed by atoms with Gasteiger partial charge in [-0.1, -0.05) is 36.4 Å².